The van der Waals surface area contributed by atoms with Crippen LogP contribution in [0.15, 0.2) is 73.3 Å². The van der Waals surface area contributed by atoms with Crippen LogP contribution in [-0.4, -0.2) is 49.0 Å². The van der Waals surface area contributed by atoms with Gasteiger partial charge in [-0.2, -0.15) is 0 Å². The number of methoxy groups -OCH3 is 1. The molecule has 6 heteroatoms. The quantitative estimate of drug-likeness (QED) is 0.704. The molecule has 0 amide bonds. The first kappa shape index (κ1) is 21.2. The van der Waals surface area contributed by atoms with Crippen molar-refractivity contribution in [3.05, 3.63) is 84.4 Å². The first-order chi connectivity index (χ1) is 14.7. The van der Waals surface area contributed by atoms with Crippen LogP contribution in [-0.2, 0) is 30.3 Å². The monoisotopic (exact) mass is 412 g/mol. The lowest BCUT2D eigenvalue weighted by Gasteiger charge is -2.52. The average molecular weight is 412 g/mol. The predicted octanol–water partition coefficient (Wildman–Crippen LogP) is 3.36. The van der Waals surface area contributed by atoms with Crippen LogP contribution >= 0.6 is 0 Å². The van der Waals surface area contributed by atoms with E-state index < -0.39 is 36.5 Å². The number of hydrogen-bond donors (Lipinski definition) is 1. The van der Waals surface area contributed by atoms with Crippen molar-refractivity contribution in [1.29, 1.82) is 0 Å². The molecule has 6 atom stereocenters. The molecule has 0 unspecified atom stereocenters. The predicted molar refractivity (Wildman–Crippen MR) is 110 cm³/mol. The van der Waals surface area contributed by atoms with Gasteiger partial charge in [-0.1, -0.05) is 66.7 Å². The standard InChI is InChI=1S/C24H28O6/c1-3-14-24(25)21(27-15-17-10-6-4-7-11-17)20-19(29-23(24)26-2)16-28-22(30-20)18-12-8-5-9-13-18/h3-13,19-23,25H,1,14-16H2,2H3/t19-,20-,21+,22-,23+,24-/m1/s1. The topological polar surface area (TPSA) is 66.4 Å². The zero-order valence-corrected chi connectivity index (χ0v) is 17.1. The molecule has 2 heterocycles. The molecule has 2 aromatic rings. The van der Waals surface area contributed by atoms with Gasteiger partial charge in [0.1, 0.15) is 23.9 Å². The average Bonchev–Trinajstić information content (AvgIpc) is 2.79. The summed E-state index contributed by atoms with van der Waals surface area (Å²) in [5.74, 6) is 0. The van der Waals surface area contributed by atoms with Crippen LogP contribution in [0.1, 0.15) is 23.8 Å². The molecule has 0 aliphatic carbocycles. The molecule has 160 valence electrons. The van der Waals surface area contributed by atoms with Crippen LogP contribution in [0, 0.1) is 0 Å². The van der Waals surface area contributed by atoms with Gasteiger partial charge in [-0.25, -0.2) is 0 Å². The van der Waals surface area contributed by atoms with Crippen molar-refractivity contribution in [3.8, 4) is 0 Å². The Bertz CT molecular complexity index is 813. The van der Waals surface area contributed by atoms with E-state index in [1.807, 2.05) is 60.7 Å². The van der Waals surface area contributed by atoms with Gasteiger partial charge in [0.15, 0.2) is 12.6 Å². The van der Waals surface area contributed by atoms with Gasteiger partial charge in [-0.05, 0) is 5.56 Å². The van der Waals surface area contributed by atoms with Gasteiger partial charge in [0.25, 0.3) is 0 Å². The lowest BCUT2D eigenvalue weighted by Crippen LogP contribution is -2.69. The molecule has 2 aliphatic heterocycles. The normalized spacial score (nSPS) is 33.6. The lowest BCUT2D eigenvalue weighted by atomic mass is 9.83. The van der Waals surface area contributed by atoms with E-state index in [0.717, 1.165) is 11.1 Å². The number of aliphatic hydroxyl groups is 1. The highest BCUT2D eigenvalue weighted by Gasteiger charge is 2.58. The number of benzene rings is 2. The summed E-state index contributed by atoms with van der Waals surface area (Å²) in [6.07, 6.45) is -1.25. The van der Waals surface area contributed by atoms with E-state index in [9.17, 15) is 5.11 Å². The van der Waals surface area contributed by atoms with E-state index in [2.05, 4.69) is 6.58 Å². The zero-order valence-electron chi connectivity index (χ0n) is 17.1. The maximum Gasteiger partial charge on any atom is 0.189 e. The maximum absolute atomic E-state index is 11.6. The van der Waals surface area contributed by atoms with Gasteiger partial charge in [-0.15, -0.1) is 6.58 Å². The highest BCUT2D eigenvalue weighted by atomic mass is 16.8. The minimum absolute atomic E-state index is 0.231. The smallest absolute Gasteiger partial charge is 0.189 e. The van der Waals surface area contributed by atoms with Gasteiger partial charge in [0, 0.05) is 19.1 Å². The van der Waals surface area contributed by atoms with Crippen LogP contribution in [0.2, 0.25) is 0 Å². The molecule has 0 saturated carbocycles. The van der Waals surface area contributed by atoms with Gasteiger partial charge in [0.2, 0.25) is 0 Å². The molecule has 6 nitrogen and oxygen atoms in total. The van der Waals surface area contributed by atoms with Crippen LogP contribution < -0.4 is 0 Å². The van der Waals surface area contributed by atoms with E-state index in [-0.39, 0.29) is 6.42 Å². The summed E-state index contributed by atoms with van der Waals surface area (Å²) in [5, 5.41) is 11.6. The molecule has 0 aromatic heterocycles. The number of ether oxygens (including phenoxy) is 5. The van der Waals surface area contributed by atoms with Gasteiger partial charge in [-0.3, -0.25) is 0 Å². The highest BCUT2D eigenvalue weighted by molar-refractivity contribution is 5.18. The van der Waals surface area contributed by atoms with E-state index in [1.165, 1.54) is 7.11 Å². The van der Waals surface area contributed by atoms with E-state index in [4.69, 9.17) is 23.7 Å². The molecule has 0 radical (unpaired) electrons. The van der Waals surface area contributed by atoms with Crippen molar-refractivity contribution < 1.29 is 28.8 Å². The lowest BCUT2D eigenvalue weighted by molar-refractivity contribution is -0.389. The van der Waals surface area contributed by atoms with Crippen LogP contribution in [0.4, 0.5) is 0 Å². The Hall–Kier alpha value is -2.06. The van der Waals surface area contributed by atoms with Crippen molar-refractivity contribution in [2.24, 2.45) is 0 Å². The molecular formula is C24H28O6. The number of fused-ring (bicyclic) bond motifs is 1. The zero-order chi connectivity index (χ0) is 21.0. The molecule has 2 aliphatic rings. The maximum atomic E-state index is 11.6. The van der Waals surface area contributed by atoms with E-state index >= 15 is 0 Å². The largest absolute Gasteiger partial charge is 0.381 e. The second kappa shape index (κ2) is 9.39. The van der Waals surface area contributed by atoms with Crippen LogP contribution in [0.5, 0.6) is 0 Å². The van der Waals surface area contributed by atoms with Crippen molar-refractivity contribution in [2.45, 2.75) is 49.5 Å². The minimum Gasteiger partial charge on any atom is -0.381 e. The van der Waals surface area contributed by atoms with E-state index in [0.29, 0.717) is 13.2 Å². The Labute approximate surface area is 177 Å². The Kier molecular flexibility index (Phi) is 6.63. The summed E-state index contributed by atoms with van der Waals surface area (Å²) in [6, 6.07) is 19.5. The number of rotatable bonds is 7. The summed E-state index contributed by atoms with van der Waals surface area (Å²) >= 11 is 0. The Morgan fingerprint density at radius 1 is 1.10 bits per heavy atom. The highest BCUT2D eigenvalue weighted by Crippen LogP contribution is 2.41. The summed E-state index contributed by atoms with van der Waals surface area (Å²) in [4.78, 5) is 0. The molecule has 2 aromatic carbocycles. The fourth-order valence-electron chi connectivity index (χ4n) is 4.11. The first-order valence-electron chi connectivity index (χ1n) is 10.1. The second-order valence-corrected chi connectivity index (χ2v) is 7.62. The van der Waals surface area contributed by atoms with E-state index in [1.54, 1.807) is 6.08 Å². The molecule has 2 fully saturated rings. The molecule has 4 rings (SSSR count). The molecular weight excluding hydrogens is 384 g/mol. The fourth-order valence-corrected chi connectivity index (χ4v) is 4.11. The summed E-state index contributed by atoms with van der Waals surface area (Å²) in [6.45, 7) is 4.43. The summed E-state index contributed by atoms with van der Waals surface area (Å²) in [5.41, 5.74) is 0.450. The fraction of sp³-hybridized carbons (Fsp3) is 0.417. The third-order valence-corrected chi connectivity index (χ3v) is 5.59. The van der Waals surface area contributed by atoms with Crippen molar-refractivity contribution in [1.82, 2.24) is 0 Å². The molecule has 2 saturated heterocycles. The Morgan fingerprint density at radius 3 is 2.47 bits per heavy atom. The second-order valence-electron chi connectivity index (χ2n) is 7.62. The molecule has 0 spiro atoms. The summed E-state index contributed by atoms with van der Waals surface area (Å²) < 4.78 is 30.0. The van der Waals surface area contributed by atoms with Crippen LogP contribution in [0.3, 0.4) is 0 Å². The molecule has 0 bridgehead atoms. The first-order valence-corrected chi connectivity index (χ1v) is 10.1. The van der Waals surface area contributed by atoms with Crippen molar-refractivity contribution in [3.63, 3.8) is 0 Å². The Balaban J connectivity index is 1.62. The van der Waals surface area contributed by atoms with Gasteiger partial charge < -0.3 is 28.8 Å². The third kappa shape index (κ3) is 4.21. The van der Waals surface area contributed by atoms with Crippen LogP contribution in [0.25, 0.3) is 0 Å². The van der Waals surface area contributed by atoms with Crippen molar-refractivity contribution in [2.75, 3.05) is 13.7 Å². The van der Waals surface area contributed by atoms with Gasteiger partial charge in [0.05, 0.1) is 13.2 Å². The third-order valence-electron chi connectivity index (χ3n) is 5.59. The van der Waals surface area contributed by atoms with Crippen molar-refractivity contribution >= 4 is 0 Å². The molecule has 30 heavy (non-hydrogen) atoms. The minimum atomic E-state index is -1.45. The number of hydrogen-bond acceptors (Lipinski definition) is 6. The Morgan fingerprint density at radius 2 is 1.80 bits per heavy atom. The summed E-state index contributed by atoms with van der Waals surface area (Å²) in [7, 11) is 1.50. The SMILES string of the molecule is C=CC[C@]1(O)[C@@H](OC)O[C@@H]2CO[C@@H](c3ccccc3)O[C@H]2[C@@H]1OCc1ccccc1. The molecule has 1 N–H and O–H groups in total. The van der Waals surface area contributed by atoms with Gasteiger partial charge >= 0.3 is 0 Å².